The van der Waals surface area contributed by atoms with Crippen molar-refractivity contribution in [3.05, 3.63) is 35.9 Å². The number of sulfone groups is 1. The number of amides is 1. The van der Waals surface area contributed by atoms with Crippen molar-refractivity contribution in [2.24, 2.45) is 5.16 Å². The van der Waals surface area contributed by atoms with Gasteiger partial charge < -0.3 is 9.74 Å². The van der Waals surface area contributed by atoms with Crippen LogP contribution in [-0.2, 0) is 19.5 Å². The molecule has 0 aliphatic rings. The standard InChI is InChI=1S/C16H17ClF3N5O4S/c1-24(13-9-25(22-14(13)17)11-4-3-6-21-8-11)15(26)12(23-29-2)10-30(27,28)7-5-16(18,19)20/h3-4,6,8-9H,5,7,10H2,1-2H3/b23-12+. The number of aromatic nitrogens is 3. The van der Waals surface area contributed by atoms with Gasteiger partial charge in [-0.1, -0.05) is 16.8 Å². The van der Waals surface area contributed by atoms with Gasteiger partial charge in [0.25, 0.3) is 5.91 Å². The van der Waals surface area contributed by atoms with E-state index in [1.807, 2.05) is 0 Å². The third-order valence-electron chi connectivity index (χ3n) is 3.73. The van der Waals surface area contributed by atoms with E-state index in [0.717, 1.165) is 12.0 Å². The van der Waals surface area contributed by atoms with Gasteiger partial charge in [0, 0.05) is 13.2 Å². The molecule has 0 aliphatic heterocycles. The molecule has 0 unspecified atom stereocenters. The van der Waals surface area contributed by atoms with Crippen molar-refractivity contribution in [3.63, 3.8) is 0 Å². The first-order chi connectivity index (χ1) is 13.9. The molecule has 0 radical (unpaired) electrons. The summed E-state index contributed by atoms with van der Waals surface area (Å²) in [7, 11) is -1.93. The largest absolute Gasteiger partial charge is 0.399 e. The van der Waals surface area contributed by atoms with E-state index < -0.39 is 45.6 Å². The fourth-order valence-corrected chi connectivity index (χ4v) is 3.82. The third kappa shape index (κ3) is 6.42. The number of halogens is 4. The zero-order valence-corrected chi connectivity index (χ0v) is 17.4. The lowest BCUT2D eigenvalue weighted by molar-refractivity contribution is -0.129. The minimum atomic E-state index is -4.65. The minimum absolute atomic E-state index is 0.0774. The van der Waals surface area contributed by atoms with Gasteiger partial charge in [-0.25, -0.2) is 13.1 Å². The Balaban J connectivity index is 2.24. The van der Waals surface area contributed by atoms with Crippen LogP contribution in [0.5, 0.6) is 0 Å². The van der Waals surface area contributed by atoms with Gasteiger partial charge in [-0.2, -0.15) is 18.3 Å². The summed E-state index contributed by atoms with van der Waals surface area (Å²) in [6.45, 7) is 0. The topological polar surface area (TPSA) is 107 Å². The second-order valence-electron chi connectivity index (χ2n) is 6.00. The maximum absolute atomic E-state index is 12.7. The Morgan fingerprint density at radius 3 is 2.67 bits per heavy atom. The molecule has 164 valence electrons. The molecule has 2 heterocycles. The molecule has 2 aromatic rings. The highest BCUT2D eigenvalue weighted by atomic mass is 35.5. The van der Waals surface area contributed by atoms with Gasteiger partial charge in [0.15, 0.2) is 20.7 Å². The number of hydrogen-bond acceptors (Lipinski definition) is 7. The Morgan fingerprint density at radius 1 is 1.40 bits per heavy atom. The van der Waals surface area contributed by atoms with Crippen LogP contribution in [0.1, 0.15) is 6.42 Å². The lowest BCUT2D eigenvalue weighted by atomic mass is 10.3. The molecular weight excluding hydrogens is 451 g/mol. The molecule has 2 aromatic heterocycles. The third-order valence-corrected chi connectivity index (χ3v) is 5.54. The van der Waals surface area contributed by atoms with E-state index in [1.165, 1.54) is 24.1 Å². The molecule has 0 saturated carbocycles. The van der Waals surface area contributed by atoms with Crippen LogP contribution in [0.4, 0.5) is 18.9 Å². The maximum Gasteiger partial charge on any atom is 0.390 e. The highest BCUT2D eigenvalue weighted by molar-refractivity contribution is 7.92. The van der Waals surface area contributed by atoms with Crippen molar-refractivity contribution < 1.29 is 31.2 Å². The van der Waals surface area contributed by atoms with Crippen LogP contribution in [0, 0.1) is 0 Å². The average molecular weight is 468 g/mol. The minimum Gasteiger partial charge on any atom is -0.399 e. The second-order valence-corrected chi connectivity index (χ2v) is 8.54. The molecule has 0 fully saturated rings. The zero-order valence-electron chi connectivity index (χ0n) is 15.8. The lowest BCUT2D eigenvalue weighted by Gasteiger charge is -2.16. The molecule has 0 saturated heterocycles. The summed E-state index contributed by atoms with van der Waals surface area (Å²) in [5.41, 5.74) is 0.0568. The van der Waals surface area contributed by atoms with E-state index >= 15 is 0 Å². The van der Waals surface area contributed by atoms with E-state index in [0.29, 0.717) is 5.69 Å². The quantitative estimate of drug-likeness (QED) is 0.435. The smallest absolute Gasteiger partial charge is 0.390 e. The van der Waals surface area contributed by atoms with Gasteiger partial charge in [0.1, 0.15) is 18.6 Å². The number of pyridine rings is 1. The van der Waals surface area contributed by atoms with Gasteiger partial charge in [-0.15, -0.1) is 0 Å². The highest BCUT2D eigenvalue weighted by Crippen LogP contribution is 2.25. The summed E-state index contributed by atoms with van der Waals surface area (Å²) < 4.78 is 62.4. The van der Waals surface area contributed by atoms with Crippen LogP contribution in [0.2, 0.25) is 5.15 Å². The molecule has 2 rings (SSSR count). The Kier molecular flexibility index (Phi) is 7.42. The molecule has 0 spiro atoms. The van der Waals surface area contributed by atoms with Crippen molar-refractivity contribution in [2.75, 3.05) is 30.6 Å². The summed E-state index contributed by atoms with van der Waals surface area (Å²) in [4.78, 5) is 22.1. The predicted molar refractivity (Wildman–Crippen MR) is 104 cm³/mol. The van der Waals surface area contributed by atoms with Gasteiger partial charge in [-0.05, 0) is 12.1 Å². The van der Waals surface area contributed by atoms with E-state index in [-0.39, 0.29) is 10.8 Å². The van der Waals surface area contributed by atoms with Crippen molar-refractivity contribution in [1.29, 1.82) is 0 Å². The Labute approximate surface area is 175 Å². The predicted octanol–water partition coefficient (Wildman–Crippen LogP) is 2.25. The molecule has 1 amide bonds. The Bertz CT molecular complexity index is 1030. The summed E-state index contributed by atoms with van der Waals surface area (Å²) in [5, 5.41) is 7.36. The number of carbonyl (C=O) groups is 1. The van der Waals surface area contributed by atoms with Crippen LogP contribution in [0.15, 0.2) is 35.9 Å². The number of rotatable bonds is 8. The molecule has 14 heteroatoms. The van der Waals surface area contributed by atoms with Gasteiger partial charge in [0.2, 0.25) is 0 Å². The van der Waals surface area contributed by atoms with E-state index in [9.17, 15) is 26.4 Å². The second kappa shape index (κ2) is 9.43. The maximum atomic E-state index is 12.7. The monoisotopic (exact) mass is 467 g/mol. The summed E-state index contributed by atoms with van der Waals surface area (Å²) in [6.07, 6.45) is -1.73. The van der Waals surface area contributed by atoms with Crippen molar-refractivity contribution in [1.82, 2.24) is 14.8 Å². The van der Waals surface area contributed by atoms with Crippen LogP contribution in [-0.4, -0.2) is 66.6 Å². The molecule has 30 heavy (non-hydrogen) atoms. The fourth-order valence-electron chi connectivity index (χ4n) is 2.28. The van der Waals surface area contributed by atoms with Crippen LogP contribution >= 0.6 is 11.6 Å². The lowest BCUT2D eigenvalue weighted by Crippen LogP contribution is -2.38. The molecule has 0 aromatic carbocycles. The van der Waals surface area contributed by atoms with Crippen LogP contribution < -0.4 is 4.90 Å². The summed E-state index contributed by atoms with van der Waals surface area (Å²) in [6, 6.07) is 3.35. The van der Waals surface area contributed by atoms with Gasteiger partial charge in [0.05, 0.1) is 30.3 Å². The molecule has 0 N–H and O–H groups in total. The molecule has 0 atom stereocenters. The van der Waals surface area contributed by atoms with Crippen LogP contribution in [0.25, 0.3) is 5.69 Å². The Hall–Kier alpha value is -2.67. The zero-order chi connectivity index (χ0) is 22.5. The van der Waals surface area contributed by atoms with Gasteiger partial charge >= 0.3 is 6.18 Å². The number of anilines is 1. The molecule has 0 aliphatic carbocycles. The first-order valence-electron chi connectivity index (χ1n) is 8.24. The number of alkyl halides is 3. The van der Waals surface area contributed by atoms with Crippen molar-refractivity contribution >= 4 is 38.7 Å². The normalized spacial score (nSPS) is 12.7. The summed E-state index contributed by atoms with van der Waals surface area (Å²) >= 11 is 6.09. The molecule has 9 nitrogen and oxygen atoms in total. The number of oxime groups is 1. The number of hydrogen-bond donors (Lipinski definition) is 0. The molecular formula is C16H17ClF3N5O4S. The first-order valence-corrected chi connectivity index (χ1v) is 10.4. The van der Waals surface area contributed by atoms with Gasteiger partial charge in [-0.3, -0.25) is 9.78 Å². The molecule has 0 bridgehead atoms. The first kappa shape index (κ1) is 23.6. The van der Waals surface area contributed by atoms with Crippen LogP contribution in [0.3, 0.4) is 0 Å². The van der Waals surface area contributed by atoms with Crippen molar-refractivity contribution in [2.45, 2.75) is 12.6 Å². The number of nitrogens with zero attached hydrogens (tertiary/aromatic N) is 5. The summed E-state index contributed by atoms with van der Waals surface area (Å²) in [5.74, 6) is -3.15. The Morgan fingerprint density at radius 2 is 2.10 bits per heavy atom. The average Bonchev–Trinajstić information content (AvgIpc) is 3.07. The number of carbonyl (C=O) groups excluding carboxylic acids is 1. The van der Waals surface area contributed by atoms with Crippen molar-refractivity contribution in [3.8, 4) is 5.69 Å². The van der Waals surface area contributed by atoms with E-state index in [1.54, 1.807) is 18.3 Å². The highest BCUT2D eigenvalue weighted by Gasteiger charge is 2.32. The van der Waals surface area contributed by atoms with E-state index in [4.69, 9.17) is 11.6 Å². The fraction of sp³-hybridized carbons (Fsp3) is 0.375. The van der Waals surface area contributed by atoms with E-state index in [2.05, 4.69) is 20.1 Å². The SMILES string of the molecule is CO/N=C(\CS(=O)(=O)CCC(F)(F)F)C(=O)N(C)c1cn(-c2cccnc2)nc1Cl.